The molecule has 0 aliphatic rings. The van der Waals surface area contributed by atoms with Gasteiger partial charge in [-0.05, 0) is 24.6 Å². The number of ether oxygens (including phenoxy) is 2. The van der Waals surface area contributed by atoms with E-state index in [1.807, 2.05) is 55.5 Å². The largest absolute Gasteiger partial charge is 0.493 e. The van der Waals surface area contributed by atoms with Crippen LogP contribution in [0, 0.1) is 0 Å². The molecule has 2 aromatic carbocycles. The van der Waals surface area contributed by atoms with E-state index in [-0.39, 0.29) is 12.1 Å². The molecular formula is C17H20ClNO2. The molecular weight excluding hydrogens is 286 g/mol. The van der Waals surface area contributed by atoms with Gasteiger partial charge in [0.15, 0.2) is 11.5 Å². The predicted molar refractivity (Wildman–Crippen MR) is 86.1 cm³/mol. The lowest BCUT2D eigenvalue weighted by Crippen LogP contribution is -2.31. The molecule has 0 aromatic heterocycles. The minimum atomic E-state index is -0.319. The second-order valence-corrected chi connectivity index (χ2v) is 5.19. The van der Waals surface area contributed by atoms with Crippen molar-refractivity contribution in [1.82, 2.24) is 0 Å². The fourth-order valence-corrected chi connectivity index (χ4v) is 2.40. The van der Waals surface area contributed by atoms with Crippen molar-refractivity contribution in [2.75, 3.05) is 7.11 Å². The normalized spacial score (nSPS) is 13.5. The number of para-hydroxylation sites is 2. The van der Waals surface area contributed by atoms with Crippen molar-refractivity contribution in [3.05, 3.63) is 59.1 Å². The van der Waals surface area contributed by atoms with Crippen molar-refractivity contribution < 1.29 is 9.47 Å². The highest BCUT2D eigenvalue weighted by Gasteiger charge is 2.23. The van der Waals surface area contributed by atoms with Gasteiger partial charge in [0.05, 0.1) is 7.11 Å². The molecule has 2 aromatic rings. The van der Waals surface area contributed by atoms with Crippen molar-refractivity contribution in [1.29, 1.82) is 0 Å². The lowest BCUT2D eigenvalue weighted by Gasteiger charge is -2.26. The molecule has 2 unspecified atom stereocenters. The average molecular weight is 306 g/mol. The molecule has 0 saturated heterocycles. The van der Waals surface area contributed by atoms with Crippen LogP contribution in [0.5, 0.6) is 11.5 Å². The van der Waals surface area contributed by atoms with Gasteiger partial charge >= 0.3 is 0 Å². The highest BCUT2D eigenvalue weighted by atomic mass is 35.5. The van der Waals surface area contributed by atoms with Gasteiger partial charge in [-0.15, -0.1) is 0 Å². The standard InChI is InChI=1S/C17H20ClNO2/c1-3-14(19)17(12-8-4-5-9-13(12)18)21-16-11-7-6-10-15(16)20-2/h4-11,14,17H,3,19H2,1-2H3. The van der Waals surface area contributed by atoms with Crippen LogP contribution >= 0.6 is 11.6 Å². The third-order valence-corrected chi connectivity index (χ3v) is 3.74. The van der Waals surface area contributed by atoms with Gasteiger partial charge in [0.25, 0.3) is 0 Å². The molecule has 0 aliphatic heterocycles. The van der Waals surface area contributed by atoms with Gasteiger partial charge in [0.2, 0.25) is 0 Å². The minimum absolute atomic E-state index is 0.158. The van der Waals surface area contributed by atoms with Crippen molar-refractivity contribution in [2.45, 2.75) is 25.5 Å². The zero-order valence-electron chi connectivity index (χ0n) is 12.3. The molecule has 0 amide bonds. The third-order valence-electron chi connectivity index (χ3n) is 3.40. The van der Waals surface area contributed by atoms with Crippen LogP contribution < -0.4 is 15.2 Å². The summed E-state index contributed by atoms with van der Waals surface area (Å²) in [5.74, 6) is 1.34. The van der Waals surface area contributed by atoms with Gasteiger partial charge in [-0.25, -0.2) is 0 Å². The van der Waals surface area contributed by atoms with Crippen LogP contribution in [0.3, 0.4) is 0 Å². The summed E-state index contributed by atoms with van der Waals surface area (Å²) >= 11 is 6.29. The Balaban J connectivity index is 2.36. The van der Waals surface area contributed by atoms with Crippen molar-refractivity contribution >= 4 is 11.6 Å². The molecule has 2 rings (SSSR count). The number of rotatable bonds is 6. The van der Waals surface area contributed by atoms with Crippen LogP contribution in [0.15, 0.2) is 48.5 Å². The molecule has 0 heterocycles. The van der Waals surface area contributed by atoms with Crippen LogP contribution in [0.4, 0.5) is 0 Å². The Morgan fingerprint density at radius 3 is 2.29 bits per heavy atom. The highest BCUT2D eigenvalue weighted by Crippen LogP contribution is 2.34. The van der Waals surface area contributed by atoms with Gasteiger partial charge in [0, 0.05) is 16.6 Å². The summed E-state index contributed by atoms with van der Waals surface area (Å²) in [6, 6.07) is 15.0. The van der Waals surface area contributed by atoms with E-state index in [0.29, 0.717) is 16.5 Å². The SMILES string of the molecule is CCC(N)C(Oc1ccccc1OC)c1ccccc1Cl. The van der Waals surface area contributed by atoms with Crippen LogP contribution in [0.2, 0.25) is 5.02 Å². The van der Waals surface area contributed by atoms with E-state index in [4.69, 9.17) is 26.8 Å². The topological polar surface area (TPSA) is 44.5 Å². The lowest BCUT2D eigenvalue weighted by atomic mass is 10.0. The summed E-state index contributed by atoms with van der Waals surface area (Å²) in [5, 5.41) is 0.654. The van der Waals surface area contributed by atoms with Gasteiger partial charge in [-0.2, -0.15) is 0 Å². The molecule has 0 bridgehead atoms. The van der Waals surface area contributed by atoms with Crippen LogP contribution in [0.25, 0.3) is 0 Å². The van der Waals surface area contributed by atoms with Crippen molar-refractivity contribution in [3.8, 4) is 11.5 Å². The van der Waals surface area contributed by atoms with Crippen molar-refractivity contribution in [3.63, 3.8) is 0 Å². The molecule has 2 N–H and O–H groups in total. The first-order chi connectivity index (χ1) is 10.2. The lowest BCUT2D eigenvalue weighted by molar-refractivity contribution is 0.164. The average Bonchev–Trinajstić information content (AvgIpc) is 2.53. The number of hydrogen-bond acceptors (Lipinski definition) is 3. The fourth-order valence-electron chi connectivity index (χ4n) is 2.15. The smallest absolute Gasteiger partial charge is 0.162 e. The Morgan fingerprint density at radius 2 is 1.67 bits per heavy atom. The number of methoxy groups -OCH3 is 1. The maximum absolute atomic E-state index is 6.29. The van der Waals surface area contributed by atoms with E-state index < -0.39 is 0 Å². The van der Waals surface area contributed by atoms with E-state index in [2.05, 4.69) is 0 Å². The molecule has 0 radical (unpaired) electrons. The second kappa shape index (κ2) is 7.34. The summed E-state index contributed by atoms with van der Waals surface area (Å²) in [7, 11) is 1.62. The van der Waals surface area contributed by atoms with E-state index in [1.54, 1.807) is 7.11 Å². The second-order valence-electron chi connectivity index (χ2n) is 4.78. The maximum atomic E-state index is 6.29. The summed E-state index contributed by atoms with van der Waals surface area (Å²) in [6.45, 7) is 2.03. The summed E-state index contributed by atoms with van der Waals surface area (Å²) in [6.07, 6.45) is 0.463. The summed E-state index contributed by atoms with van der Waals surface area (Å²) in [4.78, 5) is 0. The molecule has 0 spiro atoms. The first kappa shape index (κ1) is 15.7. The van der Waals surface area contributed by atoms with Crippen LogP contribution in [-0.4, -0.2) is 13.2 Å². The van der Waals surface area contributed by atoms with E-state index in [0.717, 1.165) is 12.0 Å². The number of hydrogen-bond donors (Lipinski definition) is 1. The van der Waals surface area contributed by atoms with Gasteiger partial charge in [-0.1, -0.05) is 48.9 Å². The van der Waals surface area contributed by atoms with Crippen molar-refractivity contribution in [2.24, 2.45) is 5.73 Å². The molecule has 3 nitrogen and oxygen atoms in total. The fraction of sp³-hybridized carbons (Fsp3) is 0.294. The Hall–Kier alpha value is -1.71. The van der Waals surface area contributed by atoms with Crippen LogP contribution in [0.1, 0.15) is 25.0 Å². The Kier molecular flexibility index (Phi) is 5.48. The predicted octanol–water partition coefficient (Wildman–Crippen LogP) is 4.21. The van der Waals surface area contributed by atoms with Gasteiger partial charge in [0.1, 0.15) is 6.10 Å². The zero-order valence-corrected chi connectivity index (χ0v) is 13.0. The maximum Gasteiger partial charge on any atom is 0.162 e. The summed E-state index contributed by atoms with van der Waals surface area (Å²) in [5.41, 5.74) is 7.12. The van der Waals surface area contributed by atoms with E-state index in [9.17, 15) is 0 Å². The zero-order chi connectivity index (χ0) is 15.2. The molecule has 112 valence electrons. The number of halogens is 1. The highest BCUT2D eigenvalue weighted by molar-refractivity contribution is 6.31. The molecule has 2 atom stereocenters. The number of nitrogens with two attached hydrogens (primary N) is 1. The first-order valence-corrected chi connectivity index (χ1v) is 7.34. The molecule has 0 saturated carbocycles. The Labute approximate surface area is 130 Å². The van der Waals surface area contributed by atoms with Gasteiger partial charge in [-0.3, -0.25) is 0 Å². The molecule has 4 heteroatoms. The third kappa shape index (κ3) is 3.69. The van der Waals surface area contributed by atoms with Gasteiger partial charge < -0.3 is 15.2 Å². The van der Waals surface area contributed by atoms with E-state index in [1.165, 1.54) is 0 Å². The number of benzene rings is 2. The molecule has 21 heavy (non-hydrogen) atoms. The molecule has 0 fully saturated rings. The minimum Gasteiger partial charge on any atom is -0.493 e. The monoisotopic (exact) mass is 305 g/mol. The Bertz CT molecular complexity index is 589. The van der Waals surface area contributed by atoms with E-state index >= 15 is 0 Å². The molecule has 0 aliphatic carbocycles. The quantitative estimate of drug-likeness (QED) is 0.869. The summed E-state index contributed by atoms with van der Waals surface area (Å²) < 4.78 is 11.4. The Morgan fingerprint density at radius 1 is 1.05 bits per heavy atom. The first-order valence-electron chi connectivity index (χ1n) is 6.97. The van der Waals surface area contributed by atoms with Crippen LogP contribution in [-0.2, 0) is 0 Å².